The van der Waals surface area contributed by atoms with Gasteiger partial charge in [0.2, 0.25) is 10.0 Å². The maximum Gasteiger partial charge on any atom is 0.246 e. The van der Waals surface area contributed by atoms with E-state index in [-0.39, 0.29) is 4.90 Å². The van der Waals surface area contributed by atoms with E-state index in [1.807, 2.05) is 0 Å². The summed E-state index contributed by atoms with van der Waals surface area (Å²) in [6.45, 7) is 5.18. The minimum absolute atomic E-state index is 0.125. The second-order valence-electron chi connectivity index (χ2n) is 6.46. The summed E-state index contributed by atoms with van der Waals surface area (Å²) in [5.74, 6) is 0.316. The lowest BCUT2D eigenvalue weighted by Crippen LogP contribution is -2.48. The molecule has 0 amide bonds. The quantitative estimate of drug-likeness (QED) is 0.781. The van der Waals surface area contributed by atoms with Gasteiger partial charge in [-0.25, -0.2) is 8.42 Å². The van der Waals surface area contributed by atoms with Gasteiger partial charge in [-0.05, 0) is 30.7 Å². The fourth-order valence-electron chi connectivity index (χ4n) is 3.19. The van der Waals surface area contributed by atoms with Crippen molar-refractivity contribution in [3.8, 4) is 5.75 Å². The molecule has 0 bridgehead atoms. The summed E-state index contributed by atoms with van der Waals surface area (Å²) in [5.41, 5.74) is 2.48. The van der Waals surface area contributed by atoms with Crippen molar-refractivity contribution in [3.05, 3.63) is 58.6 Å². The Labute approximate surface area is 160 Å². The second kappa shape index (κ2) is 7.96. The van der Waals surface area contributed by atoms with Gasteiger partial charge in [-0.2, -0.15) is 4.31 Å². The first-order valence-corrected chi connectivity index (χ1v) is 10.3. The molecule has 1 saturated heterocycles. The summed E-state index contributed by atoms with van der Waals surface area (Å²) in [6.07, 6.45) is 0. The van der Waals surface area contributed by atoms with Crippen LogP contribution in [0.2, 0.25) is 5.02 Å². The molecule has 2 aromatic rings. The number of piperazine rings is 1. The number of hydrogen-bond acceptors (Lipinski definition) is 4. The molecular weight excluding hydrogens is 372 g/mol. The van der Waals surface area contributed by atoms with Gasteiger partial charge in [-0.1, -0.05) is 41.4 Å². The average Bonchev–Trinajstić information content (AvgIpc) is 2.62. The summed E-state index contributed by atoms with van der Waals surface area (Å²) in [4.78, 5) is 2.40. The average molecular weight is 395 g/mol. The van der Waals surface area contributed by atoms with E-state index in [0.717, 1.165) is 6.54 Å². The van der Waals surface area contributed by atoms with Crippen LogP contribution in [0.15, 0.2) is 47.4 Å². The lowest BCUT2D eigenvalue weighted by Gasteiger charge is -2.34. The maximum absolute atomic E-state index is 13.0. The summed E-state index contributed by atoms with van der Waals surface area (Å²) in [6, 6.07) is 13.1. The molecule has 0 radical (unpaired) electrons. The van der Waals surface area contributed by atoms with Gasteiger partial charge in [-0.3, -0.25) is 4.90 Å². The normalized spacial score (nSPS) is 16.6. The van der Waals surface area contributed by atoms with E-state index in [0.29, 0.717) is 37.0 Å². The minimum Gasteiger partial charge on any atom is -0.495 e. The molecule has 3 rings (SSSR count). The summed E-state index contributed by atoms with van der Waals surface area (Å²) in [5, 5.41) is 0.377. The molecule has 1 aliphatic heterocycles. The third kappa shape index (κ3) is 4.20. The number of ether oxygens (including phenoxy) is 1. The SMILES string of the molecule is COc1ccc(Cl)cc1S(=O)(=O)N1CCN(Cc2cccc(C)c2)CC1. The fraction of sp³-hybridized carbons (Fsp3) is 0.368. The molecule has 26 heavy (non-hydrogen) atoms. The Morgan fingerprint density at radius 1 is 1.08 bits per heavy atom. The van der Waals surface area contributed by atoms with Crippen molar-refractivity contribution in [3.63, 3.8) is 0 Å². The van der Waals surface area contributed by atoms with Crippen molar-refractivity contribution in [1.82, 2.24) is 9.21 Å². The first kappa shape index (κ1) is 19.2. The number of rotatable bonds is 5. The van der Waals surface area contributed by atoms with Gasteiger partial charge in [0.25, 0.3) is 0 Å². The highest BCUT2D eigenvalue weighted by Gasteiger charge is 2.31. The standard InChI is InChI=1S/C19H23ClN2O3S/c1-15-4-3-5-16(12-15)14-21-8-10-22(11-9-21)26(23,24)19-13-17(20)6-7-18(19)25-2/h3-7,12-13H,8-11,14H2,1-2H3. The van der Waals surface area contributed by atoms with Crippen molar-refractivity contribution >= 4 is 21.6 Å². The third-order valence-corrected chi connectivity index (χ3v) is 6.72. The molecule has 1 aliphatic rings. The highest BCUT2D eigenvalue weighted by Crippen LogP contribution is 2.30. The number of benzene rings is 2. The molecule has 1 fully saturated rings. The Morgan fingerprint density at radius 3 is 2.46 bits per heavy atom. The smallest absolute Gasteiger partial charge is 0.246 e. The number of methoxy groups -OCH3 is 1. The van der Waals surface area contributed by atoms with Crippen LogP contribution in [0.1, 0.15) is 11.1 Å². The van der Waals surface area contributed by atoms with Crippen LogP contribution < -0.4 is 4.74 Å². The number of aryl methyl sites for hydroxylation is 1. The highest BCUT2D eigenvalue weighted by molar-refractivity contribution is 7.89. The second-order valence-corrected chi connectivity index (χ2v) is 8.81. The van der Waals surface area contributed by atoms with Crippen LogP contribution in [-0.4, -0.2) is 50.9 Å². The predicted octanol–water partition coefficient (Wildman–Crippen LogP) is 3.16. The van der Waals surface area contributed by atoms with Gasteiger partial charge in [0.1, 0.15) is 10.6 Å². The van der Waals surface area contributed by atoms with Crippen LogP contribution in [0.25, 0.3) is 0 Å². The Bertz CT molecular complexity index is 878. The van der Waals surface area contributed by atoms with Gasteiger partial charge in [0.15, 0.2) is 0 Å². The predicted molar refractivity (Wildman–Crippen MR) is 103 cm³/mol. The van der Waals surface area contributed by atoms with Crippen LogP contribution >= 0.6 is 11.6 Å². The van der Waals surface area contributed by atoms with E-state index < -0.39 is 10.0 Å². The van der Waals surface area contributed by atoms with E-state index in [9.17, 15) is 8.42 Å². The van der Waals surface area contributed by atoms with Crippen LogP contribution in [0.3, 0.4) is 0 Å². The molecule has 0 aromatic heterocycles. The molecule has 0 aliphatic carbocycles. The first-order valence-electron chi connectivity index (χ1n) is 8.52. The van der Waals surface area contributed by atoms with E-state index in [4.69, 9.17) is 16.3 Å². The van der Waals surface area contributed by atoms with Crippen LogP contribution in [0.4, 0.5) is 0 Å². The Hall–Kier alpha value is -1.60. The van der Waals surface area contributed by atoms with Gasteiger partial charge in [-0.15, -0.1) is 0 Å². The maximum atomic E-state index is 13.0. The van der Waals surface area contributed by atoms with E-state index >= 15 is 0 Å². The largest absolute Gasteiger partial charge is 0.495 e. The molecule has 140 valence electrons. The Balaban J connectivity index is 1.70. The van der Waals surface area contributed by atoms with E-state index in [2.05, 4.69) is 36.1 Å². The number of hydrogen-bond donors (Lipinski definition) is 0. The van der Waals surface area contributed by atoms with Gasteiger partial charge < -0.3 is 4.74 Å². The van der Waals surface area contributed by atoms with E-state index in [1.165, 1.54) is 28.6 Å². The zero-order chi connectivity index (χ0) is 18.7. The number of nitrogens with zero attached hydrogens (tertiary/aromatic N) is 2. The Morgan fingerprint density at radius 2 is 1.81 bits per heavy atom. The molecule has 0 spiro atoms. The van der Waals surface area contributed by atoms with E-state index in [1.54, 1.807) is 12.1 Å². The molecule has 5 nitrogen and oxygen atoms in total. The molecule has 0 N–H and O–H groups in total. The molecule has 1 heterocycles. The lowest BCUT2D eigenvalue weighted by molar-refractivity contribution is 0.181. The highest BCUT2D eigenvalue weighted by atomic mass is 35.5. The lowest BCUT2D eigenvalue weighted by atomic mass is 10.1. The molecule has 2 aromatic carbocycles. The molecular formula is C19H23ClN2O3S. The van der Waals surface area contributed by atoms with Crippen LogP contribution in [0, 0.1) is 6.92 Å². The summed E-state index contributed by atoms with van der Waals surface area (Å²) < 4.78 is 32.7. The fourth-order valence-corrected chi connectivity index (χ4v) is 5.03. The van der Waals surface area contributed by atoms with Gasteiger partial charge >= 0.3 is 0 Å². The number of halogens is 1. The number of sulfonamides is 1. The van der Waals surface area contributed by atoms with Crippen LogP contribution in [-0.2, 0) is 16.6 Å². The monoisotopic (exact) mass is 394 g/mol. The topological polar surface area (TPSA) is 49.9 Å². The van der Waals surface area contributed by atoms with Gasteiger partial charge in [0.05, 0.1) is 7.11 Å². The summed E-state index contributed by atoms with van der Waals surface area (Å²) >= 11 is 6.00. The molecule has 7 heteroatoms. The minimum atomic E-state index is -3.63. The molecule has 0 unspecified atom stereocenters. The zero-order valence-corrected chi connectivity index (χ0v) is 16.6. The van der Waals surface area contributed by atoms with Crippen molar-refractivity contribution < 1.29 is 13.2 Å². The Kier molecular flexibility index (Phi) is 5.87. The third-order valence-electron chi connectivity index (χ3n) is 4.56. The first-order chi connectivity index (χ1) is 12.4. The zero-order valence-electron chi connectivity index (χ0n) is 15.0. The van der Waals surface area contributed by atoms with Crippen LogP contribution in [0.5, 0.6) is 5.75 Å². The molecule has 0 saturated carbocycles. The van der Waals surface area contributed by atoms with Crippen molar-refractivity contribution in [1.29, 1.82) is 0 Å². The summed E-state index contributed by atoms with van der Waals surface area (Å²) in [7, 11) is -2.17. The van der Waals surface area contributed by atoms with Crippen molar-refractivity contribution in [2.24, 2.45) is 0 Å². The van der Waals surface area contributed by atoms with Crippen molar-refractivity contribution in [2.45, 2.75) is 18.4 Å². The van der Waals surface area contributed by atoms with Crippen molar-refractivity contribution in [2.75, 3.05) is 33.3 Å². The van der Waals surface area contributed by atoms with Gasteiger partial charge in [0, 0.05) is 37.7 Å². The molecule has 0 atom stereocenters.